The molecule has 0 spiro atoms. The fourth-order valence-corrected chi connectivity index (χ4v) is 3.64. The summed E-state index contributed by atoms with van der Waals surface area (Å²) >= 11 is 0. The molecule has 0 atom stereocenters. The molecule has 7 nitrogen and oxygen atoms in total. The summed E-state index contributed by atoms with van der Waals surface area (Å²) < 4.78 is 42.1. The number of aryl methyl sites for hydroxylation is 1. The zero-order valence-corrected chi connectivity index (χ0v) is 18.7. The number of hydrogen-bond donors (Lipinski definition) is 2. The van der Waals surface area contributed by atoms with Crippen LogP contribution in [0.25, 0.3) is 11.4 Å². The zero-order valence-electron chi connectivity index (χ0n) is 18.7. The molecule has 2 heterocycles. The molecular weight excluding hydrogens is 459 g/mol. The van der Waals surface area contributed by atoms with Gasteiger partial charge in [-0.1, -0.05) is 18.2 Å². The van der Waals surface area contributed by atoms with Crippen molar-refractivity contribution >= 4 is 5.91 Å². The van der Waals surface area contributed by atoms with Crippen molar-refractivity contribution in [3.63, 3.8) is 0 Å². The summed E-state index contributed by atoms with van der Waals surface area (Å²) in [7, 11) is 0. The van der Waals surface area contributed by atoms with Gasteiger partial charge in [-0.25, -0.2) is 4.68 Å². The van der Waals surface area contributed by atoms with Crippen LogP contribution in [0.5, 0.6) is 0 Å². The van der Waals surface area contributed by atoms with E-state index in [4.69, 9.17) is 5.73 Å². The molecule has 2 aromatic carbocycles. The molecule has 0 saturated carbocycles. The average molecular weight is 481 g/mol. The Morgan fingerprint density at radius 2 is 1.77 bits per heavy atom. The first kappa shape index (κ1) is 24.0. The van der Waals surface area contributed by atoms with Gasteiger partial charge in [-0.3, -0.25) is 14.2 Å². The van der Waals surface area contributed by atoms with Crippen LogP contribution in [0.2, 0.25) is 0 Å². The Hall–Kier alpha value is -4.18. The van der Waals surface area contributed by atoms with Gasteiger partial charge in [0, 0.05) is 36.2 Å². The van der Waals surface area contributed by atoms with Crippen LogP contribution in [-0.4, -0.2) is 20.3 Å². The van der Waals surface area contributed by atoms with Crippen molar-refractivity contribution in [1.29, 1.82) is 0 Å². The van der Waals surface area contributed by atoms with E-state index in [9.17, 15) is 22.8 Å². The van der Waals surface area contributed by atoms with Crippen LogP contribution in [0.4, 0.5) is 13.2 Å². The molecular formula is C25H22F3N5O2. The van der Waals surface area contributed by atoms with Crippen molar-refractivity contribution in [3.05, 3.63) is 111 Å². The molecule has 4 aromatic rings. The lowest BCUT2D eigenvalue weighted by molar-refractivity contribution is -0.137. The number of pyridine rings is 1. The molecule has 2 aromatic heterocycles. The number of carbonyl (C=O) groups is 1. The normalized spacial score (nSPS) is 11.5. The molecule has 0 aliphatic heterocycles. The highest BCUT2D eigenvalue weighted by molar-refractivity contribution is 5.93. The third-order valence-electron chi connectivity index (χ3n) is 5.45. The Bertz CT molecular complexity index is 1440. The van der Waals surface area contributed by atoms with Crippen molar-refractivity contribution in [1.82, 2.24) is 19.7 Å². The molecule has 0 aliphatic carbocycles. The summed E-state index contributed by atoms with van der Waals surface area (Å²) in [4.78, 5) is 25.8. The first-order chi connectivity index (χ1) is 16.7. The van der Waals surface area contributed by atoms with Gasteiger partial charge >= 0.3 is 6.18 Å². The minimum absolute atomic E-state index is 0.0259. The van der Waals surface area contributed by atoms with E-state index in [0.29, 0.717) is 17.8 Å². The van der Waals surface area contributed by atoms with Crippen molar-refractivity contribution in [2.24, 2.45) is 5.73 Å². The first-order valence-electron chi connectivity index (χ1n) is 10.7. The Labute approximate surface area is 198 Å². The fraction of sp³-hybridized carbons (Fsp3) is 0.160. The largest absolute Gasteiger partial charge is 0.416 e. The second kappa shape index (κ2) is 9.59. The van der Waals surface area contributed by atoms with Gasteiger partial charge in [0.15, 0.2) is 0 Å². The van der Waals surface area contributed by atoms with Crippen LogP contribution in [0.3, 0.4) is 0 Å². The summed E-state index contributed by atoms with van der Waals surface area (Å²) in [5, 5.41) is 6.96. The molecule has 0 bridgehead atoms. The number of aromatic nitrogens is 3. The molecule has 0 fully saturated rings. The monoisotopic (exact) mass is 481 g/mol. The van der Waals surface area contributed by atoms with E-state index in [-0.39, 0.29) is 17.8 Å². The second-order valence-corrected chi connectivity index (χ2v) is 7.93. The van der Waals surface area contributed by atoms with Gasteiger partial charge in [-0.2, -0.15) is 18.3 Å². The van der Waals surface area contributed by atoms with Gasteiger partial charge in [0.2, 0.25) is 0 Å². The lowest BCUT2D eigenvalue weighted by Gasteiger charge is -2.14. The molecule has 0 aliphatic rings. The maximum Gasteiger partial charge on any atom is 0.416 e. The molecule has 3 N–H and O–H groups in total. The van der Waals surface area contributed by atoms with Crippen molar-refractivity contribution < 1.29 is 18.0 Å². The second-order valence-electron chi connectivity index (χ2n) is 7.93. The number of rotatable bonds is 6. The molecule has 4 rings (SSSR count). The standard InChI is InChI=1S/C25H22F3N5O2/c1-16-8-9-22(24(35)33(16)21-7-3-5-19(11-21)25(26,27)28)23(34)30-13-18-14-31-32(15-18)20-6-2-4-17(10-20)12-29/h2-11,14-15H,12-13,29H2,1H3,(H,30,34). The number of nitrogens with two attached hydrogens (primary N) is 1. The number of amides is 1. The topological polar surface area (TPSA) is 94.9 Å². The lowest BCUT2D eigenvalue weighted by Crippen LogP contribution is -2.33. The Morgan fingerprint density at radius 3 is 2.51 bits per heavy atom. The highest BCUT2D eigenvalue weighted by Crippen LogP contribution is 2.30. The number of nitrogens with one attached hydrogen (secondary N) is 1. The molecule has 0 radical (unpaired) electrons. The molecule has 180 valence electrons. The Morgan fingerprint density at radius 1 is 1.03 bits per heavy atom. The highest BCUT2D eigenvalue weighted by atomic mass is 19.4. The summed E-state index contributed by atoms with van der Waals surface area (Å²) in [6.45, 7) is 2.08. The summed E-state index contributed by atoms with van der Waals surface area (Å²) in [6.07, 6.45) is -1.23. The molecule has 10 heteroatoms. The van der Waals surface area contributed by atoms with E-state index in [2.05, 4.69) is 10.4 Å². The Balaban J connectivity index is 1.55. The van der Waals surface area contributed by atoms with Crippen molar-refractivity contribution in [2.75, 3.05) is 0 Å². The van der Waals surface area contributed by atoms with E-state index >= 15 is 0 Å². The quantitative estimate of drug-likeness (QED) is 0.439. The van der Waals surface area contributed by atoms with Crippen molar-refractivity contribution in [2.45, 2.75) is 26.2 Å². The number of carbonyl (C=O) groups excluding carboxylic acids is 1. The number of nitrogens with zero attached hydrogens (tertiary/aromatic N) is 3. The van der Waals surface area contributed by atoms with Crippen LogP contribution >= 0.6 is 0 Å². The SMILES string of the molecule is Cc1ccc(C(=O)NCc2cnn(-c3cccc(CN)c3)c2)c(=O)n1-c1cccc(C(F)(F)F)c1. The van der Waals surface area contributed by atoms with Gasteiger partial charge in [0.25, 0.3) is 11.5 Å². The minimum Gasteiger partial charge on any atom is -0.348 e. The zero-order chi connectivity index (χ0) is 25.2. The van der Waals surface area contributed by atoms with Crippen LogP contribution in [0, 0.1) is 6.92 Å². The van der Waals surface area contributed by atoms with E-state index in [1.807, 2.05) is 24.3 Å². The highest BCUT2D eigenvalue weighted by Gasteiger charge is 2.30. The van der Waals surface area contributed by atoms with Gasteiger partial charge in [-0.05, 0) is 55.0 Å². The molecule has 0 unspecified atom stereocenters. The summed E-state index contributed by atoms with van der Waals surface area (Å²) in [5.74, 6) is -0.645. The number of hydrogen-bond acceptors (Lipinski definition) is 4. The maximum atomic E-state index is 13.1. The first-order valence-corrected chi connectivity index (χ1v) is 10.7. The summed E-state index contributed by atoms with van der Waals surface area (Å²) in [5.41, 5.74) is 6.78. The van der Waals surface area contributed by atoms with E-state index < -0.39 is 23.2 Å². The number of halogens is 3. The Kier molecular flexibility index (Phi) is 6.57. The average Bonchev–Trinajstić information content (AvgIpc) is 3.31. The third-order valence-corrected chi connectivity index (χ3v) is 5.45. The predicted molar refractivity (Wildman–Crippen MR) is 124 cm³/mol. The van der Waals surface area contributed by atoms with Crippen LogP contribution in [0.1, 0.15) is 32.7 Å². The van der Waals surface area contributed by atoms with E-state index in [1.165, 1.54) is 24.3 Å². The van der Waals surface area contributed by atoms with Gasteiger partial charge in [0.1, 0.15) is 5.56 Å². The fourth-order valence-electron chi connectivity index (χ4n) is 3.64. The van der Waals surface area contributed by atoms with Gasteiger partial charge in [0.05, 0.1) is 17.4 Å². The molecule has 35 heavy (non-hydrogen) atoms. The van der Waals surface area contributed by atoms with Crippen LogP contribution in [0.15, 0.2) is 77.9 Å². The number of benzene rings is 2. The number of alkyl halides is 3. The molecule has 1 amide bonds. The van der Waals surface area contributed by atoms with E-state index in [0.717, 1.165) is 28.0 Å². The minimum atomic E-state index is -4.56. The van der Waals surface area contributed by atoms with Gasteiger partial charge in [-0.15, -0.1) is 0 Å². The van der Waals surface area contributed by atoms with E-state index in [1.54, 1.807) is 24.0 Å². The lowest BCUT2D eigenvalue weighted by atomic mass is 10.1. The van der Waals surface area contributed by atoms with Crippen molar-refractivity contribution in [3.8, 4) is 11.4 Å². The van der Waals surface area contributed by atoms with Crippen LogP contribution in [-0.2, 0) is 19.3 Å². The summed E-state index contributed by atoms with van der Waals surface area (Å²) in [6, 6.07) is 14.8. The third kappa shape index (κ3) is 5.17. The smallest absolute Gasteiger partial charge is 0.348 e. The maximum absolute atomic E-state index is 13.1. The molecule has 0 saturated heterocycles. The van der Waals surface area contributed by atoms with Crippen LogP contribution < -0.4 is 16.6 Å². The van der Waals surface area contributed by atoms with Gasteiger partial charge < -0.3 is 11.1 Å². The predicted octanol–water partition coefficient (Wildman–Crippen LogP) is 3.74.